The highest BCUT2D eigenvalue weighted by Crippen LogP contribution is 2.59. The molecule has 5 rings (SSSR count). The topological polar surface area (TPSA) is 102 Å². The molecule has 0 radical (unpaired) electrons. The number of rotatable bonds is 2. The van der Waals surface area contributed by atoms with Crippen LogP contribution in [0.5, 0.6) is 0 Å². The maximum Gasteiger partial charge on any atom is 0.282 e. The molecular formula is C12H18N4O2S. The molecule has 3 N–H and O–H groups in total. The molecule has 4 aliphatic rings. The zero-order chi connectivity index (χ0) is 13.2. The predicted molar refractivity (Wildman–Crippen MR) is 67.5 cm³/mol. The summed E-state index contributed by atoms with van der Waals surface area (Å²) in [5.74, 6) is 4.17. The van der Waals surface area contributed by atoms with Gasteiger partial charge >= 0.3 is 0 Å². The lowest BCUT2D eigenvalue weighted by Gasteiger charge is -2.53. The fourth-order valence-electron chi connectivity index (χ4n) is 4.91. The van der Waals surface area contributed by atoms with Crippen molar-refractivity contribution in [3.8, 4) is 0 Å². The van der Waals surface area contributed by atoms with Gasteiger partial charge in [-0.25, -0.2) is 18.5 Å². The molecule has 6 nitrogen and oxygen atoms in total. The summed E-state index contributed by atoms with van der Waals surface area (Å²) in [5.41, 5.74) is 0. The number of hydrogen-bond acceptors (Lipinski definition) is 4. The van der Waals surface area contributed by atoms with Crippen molar-refractivity contribution in [2.45, 2.75) is 43.2 Å². The number of hydrogen-bond donors (Lipinski definition) is 2. The van der Waals surface area contributed by atoms with E-state index in [1.54, 1.807) is 0 Å². The zero-order valence-electron chi connectivity index (χ0n) is 10.6. The molecule has 0 unspecified atom stereocenters. The molecule has 0 aliphatic heterocycles. The lowest BCUT2D eigenvalue weighted by molar-refractivity contribution is -0.00560. The first-order valence-corrected chi connectivity index (χ1v) is 8.50. The number of primary sulfonamides is 1. The summed E-state index contributed by atoms with van der Waals surface area (Å²) >= 11 is 0. The summed E-state index contributed by atoms with van der Waals surface area (Å²) in [4.78, 5) is 4.15. The molecule has 104 valence electrons. The molecule has 19 heavy (non-hydrogen) atoms. The number of aromatic amines is 1. The summed E-state index contributed by atoms with van der Waals surface area (Å²) < 4.78 is 22.5. The summed E-state index contributed by atoms with van der Waals surface area (Å²) in [6.45, 7) is 0. The molecule has 0 aromatic carbocycles. The van der Waals surface area contributed by atoms with Crippen LogP contribution in [0.15, 0.2) is 5.16 Å². The molecule has 7 heteroatoms. The van der Waals surface area contributed by atoms with Crippen LogP contribution >= 0.6 is 0 Å². The summed E-state index contributed by atoms with van der Waals surface area (Å²) in [6.07, 6.45) is 6.47. The average molecular weight is 282 g/mol. The van der Waals surface area contributed by atoms with Gasteiger partial charge in [-0.3, -0.25) is 5.10 Å². The third kappa shape index (κ3) is 1.82. The van der Waals surface area contributed by atoms with E-state index in [9.17, 15) is 8.42 Å². The lowest BCUT2D eigenvalue weighted by Crippen LogP contribution is -2.44. The van der Waals surface area contributed by atoms with Crippen molar-refractivity contribution >= 4 is 10.0 Å². The Morgan fingerprint density at radius 1 is 1.05 bits per heavy atom. The predicted octanol–water partition coefficient (Wildman–Crippen LogP) is 0.992. The van der Waals surface area contributed by atoms with Crippen LogP contribution in [0.3, 0.4) is 0 Å². The van der Waals surface area contributed by atoms with Crippen LogP contribution in [0, 0.1) is 23.7 Å². The molecule has 0 saturated heterocycles. The van der Waals surface area contributed by atoms with Crippen LogP contribution in [0.25, 0.3) is 0 Å². The molecule has 4 bridgehead atoms. The molecule has 0 atom stereocenters. The maximum atomic E-state index is 11.3. The second kappa shape index (κ2) is 3.79. The van der Waals surface area contributed by atoms with Crippen LogP contribution < -0.4 is 5.14 Å². The fraction of sp³-hybridized carbons (Fsp3) is 0.833. The zero-order valence-corrected chi connectivity index (χ0v) is 11.4. The van der Waals surface area contributed by atoms with Gasteiger partial charge in [0.2, 0.25) is 0 Å². The molecular weight excluding hydrogens is 264 g/mol. The van der Waals surface area contributed by atoms with Crippen LogP contribution in [0.4, 0.5) is 0 Å². The Bertz CT molecular complexity index is 581. The van der Waals surface area contributed by atoms with E-state index in [2.05, 4.69) is 15.2 Å². The van der Waals surface area contributed by atoms with E-state index in [4.69, 9.17) is 5.14 Å². The molecule has 1 aromatic rings. The maximum absolute atomic E-state index is 11.3. The van der Waals surface area contributed by atoms with Gasteiger partial charge in [-0.2, -0.15) is 0 Å². The van der Waals surface area contributed by atoms with Crippen molar-refractivity contribution in [1.82, 2.24) is 15.2 Å². The van der Waals surface area contributed by atoms with Crippen molar-refractivity contribution in [3.63, 3.8) is 0 Å². The van der Waals surface area contributed by atoms with Crippen molar-refractivity contribution in [3.05, 3.63) is 5.82 Å². The first kappa shape index (κ1) is 11.8. The number of nitrogens with zero attached hydrogens (tertiary/aromatic N) is 2. The standard InChI is InChI=1S/C12H18N4O2S/c13-19(17,18)12-14-11(15-16-12)10-8-2-6-1-7(4-8)5-9(10)3-6/h6-10H,1-5H2,(H2,13,17,18)(H,14,15,16). The van der Waals surface area contributed by atoms with Crippen LogP contribution in [-0.2, 0) is 10.0 Å². The molecule has 1 heterocycles. The van der Waals surface area contributed by atoms with E-state index in [-0.39, 0.29) is 5.16 Å². The largest absolute Gasteiger partial charge is 0.282 e. The summed E-state index contributed by atoms with van der Waals surface area (Å²) in [5, 5.41) is 11.4. The number of H-pyrrole nitrogens is 1. The van der Waals surface area contributed by atoms with Gasteiger partial charge in [0.05, 0.1) is 0 Å². The smallest absolute Gasteiger partial charge is 0.262 e. The van der Waals surface area contributed by atoms with Crippen molar-refractivity contribution in [2.75, 3.05) is 0 Å². The summed E-state index contributed by atoms with van der Waals surface area (Å²) in [6, 6.07) is 0. The van der Waals surface area contributed by atoms with Crippen LogP contribution in [-0.4, -0.2) is 23.6 Å². The molecule has 1 aromatic heterocycles. The number of aromatic nitrogens is 3. The minimum absolute atomic E-state index is 0.267. The molecule has 4 saturated carbocycles. The highest BCUT2D eigenvalue weighted by molar-refractivity contribution is 7.89. The van der Waals surface area contributed by atoms with Gasteiger partial charge in [0.25, 0.3) is 15.2 Å². The molecule has 4 aliphatic carbocycles. The molecule has 0 spiro atoms. The molecule has 0 amide bonds. The highest BCUT2D eigenvalue weighted by Gasteiger charge is 2.49. The third-order valence-corrected chi connectivity index (χ3v) is 5.97. The normalized spacial score (nSPS) is 40.8. The monoisotopic (exact) mass is 282 g/mol. The number of nitrogens with two attached hydrogens (primary N) is 1. The van der Waals surface area contributed by atoms with Gasteiger partial charge in [-0.1, -0.05) is 0 Å². The Morgan fingerprint density at radius 2 is 1.63 bits per heavy atom. The van der Waals surface area contributed by atoms with Gasteiger partial charge in [0, 0.05) is 5.92 Å². The van der Waals surface area contributed by atoms with Crippen LogP contribution in [0.1, 0.15) is 43.8 Å². The van der Waals surface area contributed by atoms with Gasteiger partial charge in [0.15, 0.2) is 0 Å². The Balaban J connectivity index is 1.68. The van der Waals surface area contributed by atoms with Crippen molar-refractivity contribution < 1.29 is 8.42 Å². The Kier molecular flexibility index (Phi) is 2.36. The number of nitrogens with one attached hydrogen (secondary N) is 1. The SMILES string of the molecule is NS(=O)(=O)c1n[nH]c(C2C3CC4CC(C3)CC2C4)n1. The minimum atomic E-state index is -3.80. The Labute approximate surface area is 112 Å². The Hall–Kier alpha value is -0.950. The van der Waals surface area contributed by atoms with Gasteiger partial charge in [-0.05, 0) is 55.8 Å². The van der Waals surface area contributed by atoms with Crippen LogP contribution in [0.2, 0.25) is 0 Å². The molecule has 4 fully saturated rings. The first-order valence-electron chi connectivity index (χ1n) is 6.96. The van der Waals surface area contributed by atoms with E-state index < -0.39 is 10.0 Å². The first-order chi connectivity index (χ1) is 9.00. The van der Waals surface area contributed by atoms with Crippen molar-refractivity contribution in [1.29, 1.82) is 0 Å². The third-order valence-electron chi connectivity index (χ3n) is 5.28. The average Bonchev–Trinajstić information content (AvgIpc) is 2.76. The van der Waals surface area contributed by atoms with Gasteiger partial charge in [0.1, 0.15) is 5.82 Å². The fourth-order valence-corrected chi connectivity index (χ4v) is 5.30. The number of sulfonamides is 1. The van der Waals surface area contributed by atoms with Crippen molar-refractivity contribution in [2.24, 2.45) is 28.8 Å². The summed E-state index contributed by atoms with van der Waals surface area (Å²) in [7, 11) is -3.80. The van der Waals surface area contributed by atoms with E-state index >= 15 is 0 Å². The Morgan fingerprint density at radius 3 is 2.11 bits per heavy atom. The van der Waals surface area contributed by atoms with Gasteiger partial charge in [-0.15, -0.1) is 5.10 Å². The van der Waals surface area contributed by atoms with E-state index in [0.29, 0.717) is 17.8 Å². The second-order valence-corrected chi connectivity index (χ2v) is 7.96. The second-order valence-electron chi connectivity index (χ2n) is 6.50. The van der Waals surface area contributed by atoms with E-state index in [1.807, 2.05) is 0 Å². The van der Waals surface area contributed by atoms with E-state index in [1.165, 1.54) is 32.1 Å². The van der Waals surface area contributed by atoms with Gasteiger partial charge < -0.3 is 0 Å². The highest BCUT2D eigenvalue weighted by atomic mass is 32.2. The minimum Gasteiger partial charge on any atom is -0.262 e. The lowest BCUT2D eigenvalue weighted by atomic mass is 9.52. The van der Waals surface area contributed by atoms with E-state index in [0.717, 1.165) is 17.7 Å². The quantitative estimate of drug-likeness (QED) is 0.844.